The van der Waals surface area contributed by atoms with Crippen LogP contribution in [-0.2, 0) is 26.3 Å². The minimum Gasteiger partial charge on any atom is -0.480 e. The van der Waals surface area contributed by atoms with E-state index in [2.05, 4.69) is 10.3 Å². The fraction of sp³-hybridized carbons (Fsp3) is 0.242. The van der Waals surface area contributed by atoms with Crippen molar-refractivity contribution in [3.05, 3.63) is 112 Å². The third kappa shape index (κ3) is 8.72. The summed E-state index contributed by atoms with van der Waals surface area (Å²) in [6.45, 7) is 2.59. The number of aliphatic carboxylic acids is 1. The number of nitrogens with zero attached hydrogens (tertiary/aromatic N) is 1. The van der Waals surface area contributed by atoms with Crippen molar-refractivity contribution in [2.24, 2.45) is 0 Å². The Kier molecular flexibility index (Phi) is 9.89. The molecule has 0 spiro atoms. The number of benzene rings is 3. The van der Waals surface area contributed by atoms with Crippen LogP contribution in [0.15, 0.2) is 78.9 Å². The van der Waals surface area contributed by atoms with Gasteiger partial charge in [0.2, 0.25) is 5.91 Å². The van der Waals surface area contributed by atoms with E-state index in [1.54, 1.807) is 13.8 Å². The van der Waals surface area contributed by atoms with Crippen LogP contribution in [-0.4, -0.2) is 40.3 Å². The van der Waals surface area contributed by atoms with Gasteiger partial charge in [-0.2, -0.15) is 0 Å². The van der Waals surface area contributed by atoms with Crippen LogP contribution in [0, 0.1) is 0 Å². The molecule has 3 N–H and O–H groups in total. The minimum atomic E-state index is -1.14. The molecule has 0 aliphatic rings. The van der Waals surface area contributed by atoms with E-state index >= 15 is 0 Å². The van der Waals surface area contributed by atoms with Crippen molar-refractivity contribution >= 4 is 46.5 Å². The van der Waals surface area contributed by atoms with Crippen molar-refractivity contribution in [3.8, 4) is 0 Å². The lowest BCUT2D eigenvalue weighted by molar-refractivity contribution is -0.143. The molecular weight excluding hydrogens is 540 g/mol. The zero-order valence-electron chi connectivity index (χ0n) is 23.0. The van der Waals surface area contributed by atoms with Gasteiger partial charge in [0, 0.05) is 10.4 Å². The van der Waals surface area contributed by atoms with Gasteiger partial charge < -0.3 is 20.3 Å². The first kappa shape index (κ1) is 29.9. The summed E-state index contributed by atoms with van der Waals surface area (Å²) < 4.78 is 5.00. The molecule has 0 aliphatic carbocycles. The Morgan fingerprint density at radius 1 is 1.00 bits per heavy atom. The number of hydrogen-bond donors (Lipinski definition) is 3. The number of halogens is 1. The molecule has 8 heteroatoms. The number of rotatable bonds is 12. The number of pyridine rings is 1. The Bertz CT molecular complexity index is 1560. The van der Waals surface area contributed by atoms with Gasteiger partial charge in [-0.15, -0.1) is 0 Å². The summed E-state index contributed by atoms with van der Waals surface area (Å²) in [6.07, 6.45) is 5.04. The van der Waals surface area contributed by atoms with E-state index in [4.69, 9.17) is 21.4 Å². The van der Waals surface area contributed by atoms with Crippen molar-refractivity contribution in [1.82, 2.24) is 10.3 Å². The summed E-state index contributed by atoms with van der Waals surface area (Å²) in [4.78, 5) is 28.1. The summed E-state index contributed by atoms with van der Waals surface area (Å²) in [6, 6.07) is 24.7. The molecule has 4 rings (SSSR count). The van der Waals surface area contributed by atoms with Crippen molar-refractivity contribution in [2.75, 3.05) is 13.2 Å². The van der Waals surface area contributed by atoms with Crippen molar-refractivity contribution in [1.29, 1.82) is 0 Å². The Morgan fingerprint density at radius 2 is 1.78 bits per heavy atom. The molecule has 0 aliphatic heterocycles. The van der Waals surface area contributed by atoms with Gasteiger partial charge in [-0.05, 0) is 79.3 Å². The van der Waals surface area contributed by atoms with Gasteiger partial charge in [-0.1, -0.05) is 72.3 Å². The highest BCUT2D eigenvalue weighted by molar-refractivity contribution is 6.31. The van der Waals surface area contributed by atoms with Gasteiger partial charge >= 0.3 is 5.97 Å². The van der Waals surface area contributed by atoms with Crippen LogP contribution in [0.3, 0.4) is 0 Å². The van der Waals surface area contributed by atoms with Gasteiger partial charge in [0.1, 0.15) is 13.2 Å². The number of fused-ring (bicyclic) bond motifs is 1. The maximum Gasteiger partial charge on any atom is 0.329 e. The summed E-state index contributed by atoms with van der Waals surface area (Å²) in [5.74, 6) is -1.55. The molecule has 1 aromatic heterocycles. The molecular formula is C33H33ClN2O5. The summed E-state index contributed by atoms with van der Waals surface area (Å²) in [5.41, 5.74) is 4.22. The van der Waals surface area contributed by atoms with Crippen LogP contribution in [0.5, 0.6) is 0 Å². The van der Waals surface area contributed by atoms with E-state index in [9.17, 15) is 14.7 Å². The number of carbonyl (C=O) groups excluding carboxylic acids is 1. The first-order valence-corrected chi connectivity index (χ1v) is 13.7. The molecule has 7 nitrogen and oxygen atoms in total. The van der Waals surface area contributed by atoms with Crippen LogP contribution in [0.1, 0.15) is 54.3 Å². The first-order chi connectivity index (χ1) is 19.6. The highest BCUT2D eigenvalue weighted by Crippen LogP contribution is 2.28. The third-order valence-corrected chi connectivity index (χ3v) is 6.84. The third-order valence-electron chi connectivity index (χ3n) is 6.61. The Hall–Kier alpha value is -4.04. The van der Waals surface area contributed by atoms with Crippen LogP contribution in [0.2, 0.25) is 5.02 Å². The molecule has 1 atom stereocenters. The Labute approximate surface area is 244 Å². The molecule has 0 saturated heterocycles. The second kappa shape index (κ2) is 13.5. The van der Waals surface area contributed by atoms with Crippen LogP contribution in [0.25, 0.3) is 23.1 Å². The Balaban J connectivity index is 1.56. The van der Waals surface area contributed by atoms with E-state index in [0.29, 0.717) is 17.9 Å². The topological polar surface area (TPSA) is 109 Å². The maximum atomic E-state index is 12.7. The Morgan fingerprint density at radius 3 is 2.56 bits per heavy atom. The molecule has 0 bridgehead atoms. The lowest BCUT2D eigenvalue weighted by atomic mass is 9.89. The van der Waals surface area contributed by atoms with Gasteiger partial charge in [-0.25, -0.2) is 9.78 Å². The smallest absolute Gasteiger partial charge is 0.329 e. The number of carboxylic acid groups (broad SMARTS) is 1. The number of amides is 1. The van der Waals surface area contributed by atoms with Crippen LogP contribution in [0.4, 0.5) is 0 Å². The molecule has 4 aromatic rings. The maximum absolute atomic E-state index is 12.7. The number of carboxylic acids is 1. The molecule has 0 saturated carbocycles. The van der Waals surface area contributed by atoms with E-state index in [1.165, 1.54) is 0 Å². The molecule has 1 unspecified atom stereocenters. The number of ether oxygens (including phenoxy) is 1. The zero-order chi connectivity index (χ0) is 29.4. The van der Waals surface area contributed by atoms with Gasteiger partial charge in [0.25, 0.3) is 0 Å². The average molecular weight is 573 g/mol. The number of carbonyl (C=O) groups is 2. The number of aromatic nitrogens is 1. The fourth-order valence-corrected chi connectivity index (χ4v) is 4.85. The normalized spacial score (nSPS) is 12.5. The highest BCUT2D eigenvalue weighted by atomic mass is 35.5. The van der Waals surface area contributed by atoms with Gasteiger partial charge in [0.15, 0.2) is 0 Å². The molecule has 0 fully saturated rings. The number of nitrogens with one attached hydrogen (secondary N) is 1. The van der Waals surface area contributed by atoms with Crippen molar-refractivity contribution in [3.63, 3.8) is 0 Å². The minimum absolute atomic E-state index is 0.361. The molecule has 3 aromatic carbocycles. The summed E-state index contributed by atoms with van der Waals surface area (Å²) in [5, 5.41) is 24.1. The summed E-state index contributed by atoms with van der Waals surface area (Å²) in [7, 11) is 0. The molecule has 41 heavy (non-hydrogen) atoms. The lowest BCUT2D eigenvalue weighted by Crippen LogP contribution is -2.32. The predicted octanol–water partition coefficient (Wildman–Crippen LogP) is 6.18. The van der Waals surface area contributed by atoms with E-state index in [1.807, 2.05) is 91.0 Å². The molecule has 1 heterocycles. The van der Waals surface area contributed by atoms with Gasteiger partial charge in [-0.3, -0.25) is 4.79 Å². The fourth-order valence-electron chi connectivity index (χ4n) is 4.68. The summed E-state index contributed by atoms with van der Waals surface area (Å²) >= 11 is 6.13. The number of aliphatic hydroxyl groups is 1. The average Bonchev–Trinajstić information content (AvgIpc) is 2.93. The van der Waals surface area contributed by atoms with E-state index < -0.39 is 24.1 Å². The van der Waals surface area contributed by atoms with Crippen molar-refractivity contribution < 1.29 is 24.5 Å². The predicted molar refractivity (Wildman–Crippen MR) is 161 cm³/mol. The second-order valence-electron chi connectivity index (χ2n) is 10.3. The molecule has 212 valence electrons. The largest absolute Gasteiger partial charge is 0.480 e. The SMILES string of the molecule is CC(C)(O)c1ccccc1CCC(NC(=O)COCC(=O)O)c1cccc(/C=C/c2ccc3ccc(Cl)cc3n2)c1. The highest BCUT2D eigenvalue weighted by Gasteiger charge is 2.21. The first-order valence-electron chi connectivity index (χ1n) is 13.3. The second-order valence-corrected chi connectivity index (χ2v) is 10.8. The van der Waals surface area contributed by atoms with E-state index in [-0.39, 0.29) is 12.6 Å². The molecule has 1 amide bonds. The lowest BCUT2D eigenvalue weighted by Gasteiger charge is -2.24. The van der Waals surface area contributed by atoms with Crippen LogP contribution >= 0.6 is 11.6 Å². The van der Waals surface area contributed by atoms with Crippen molar-refractivity contribution in [2.45, 2.75) is 38.3 Å². The monoisotopic (exact) mass is 572 g/mol. The quantitative estimate of drug-likeness (QED) is 0.187. The zero-order valence-corrected chi connectivity index (χ0v) is 23.8. The standard InChI is InChI=1S/C33H33ClN2O5/c1-33(2,40)28-9-4-3-7-23(28)13-17-29(36-31(37)20-41-21-32(38)39)25-8-5-6-22(18-25)10-15-27-16-12-24-11-14-26(34)19-30(24)35-27/h3-12,14-16,18-19,29,40H,13,17,20-21H2,1-2H3,(H,36,37)(H,38,39)/b15-10+. The van der Waals surface area contributed by atoms with Gasteiger partial charge in [0.05, 0.1) is 22.9 Å². The number of hydrogen-bond acceptors (Lipinski definition) is 5. The molecule has 0 radical (unpaired) electrons. The van der Waals surface area contributed by atoms with Crippen LogP contribution < -0.4 is 5.32 Å². The van der Waals surface area contributed by atoms with E-state index in [0.717, 1.165) is 38.9 Å². The number of aryl methyl sites for hydroxylation is 1.